The number of unbranched alkanes of at least 4 members (excludes halogenated alkanes) is 5. The maximum atomic E-state index is 4.38. The molecule has 0 rings (SSSR count). The number of hydrogen-bond acceptors (Lipinski definition) is 1. The molecule has 0 aliphatic carbocycles. The van der Waals surface area contributed by atoms with E-state index < -0.39 is 0 Å². The fourth-order valence-electron chi connectivity index (χ4n) is 3.25. The average Bonchev–Trinajstić information content (AvgIpc) is 2.52. The van der Waals surface area contributed by atoms with Gasteiger partial charge in [0.25, 0.3) is 0 Å². The molecule has 0 aromatic carbocycles. The topological polar surface area (TPSA) is 12.0 Å². The van der Waals surface area contributed by atoms with Crippen molar-refractivity contribution in [3.05, 3.63) is 24.4 Å². The molecule has 0 aromatic rings. The van der Waals surface area contributed by atoms with E-state index >= 15 is 0 Å². The van der Waals surface area contributed by atoms with Crippen molar-refractivity contribution >= 4 is 0 Å². The van der Waals surface area contributed by atoms with E-state index in [0.29, 0.717) is 5.92 Å². The fraction of sp³-hybridized carbons (Fsp3) is 0.818. The third kappa shape index (κ3) is 12.4. The Morgan fingerprint density at radius 1 is 0.870 bits per heavy atom. The molecular formula is C22H43N. The second-order valence-electron chi connectivity index (χ2n) is 7.44. The van der Waals surface area contributed by atoms with Crippen LogP contribution in [0, 0.1) is 11.8 Å². The zero-order valence-electron chi connectivity index (χ0n) is 16.6. The van der Waals surface area contributed by atoms with Gasteiger partial charge in [0.15, 0.2) is 0 Å². The Morgan fingerprint density at radius 3 is 2.17 bits per heavy atom. The van der Waals surface area contributed by atoms with Gasteiger partial charge in [0.1, 0.15) is 0 Å². The van der Waals surface area contributed by atoms with Gasteiger partial charge >= 0.3 is 0 Å². The lowest BCUT2D eigenvalue weighted by atomic mass is 9.83. The van der Waals surface area contributed by atoms with E-state index in [1.807, 2.05) is 0 Å². The third-order valence-corrected chi connectivity index (χ3v) is 4.90. The van der Waals surface area contributed by atoms with Crippen LogP contribution in [0.1, 0.15) is 98.3 Å². The number of hydrogen-bond donors (Lipinski definition) is 1. The van der Waals surface area contributed by atoms with Gasteiger partial charge < -0.3 is 5.32 Å². The SMILES string of the molecule is C=C(C)CCCCCNC(=C)C(CCCCC)C(C)CCCC. The molecule has 2 atom stereocenters. The molecule has 0 aliphatic heterocycles. The maximum absolute atomic E-state index is 4.38. The molecule has 0 radical (unpaired) electrons. The van der Waals surface area contributed by atoms with Crippen LogP contribution in [0.4, 0.5) is 0 Å². The molecule has 1 nitrogen and oxygen atoms in total. The Labute approximate surface area is 147 Å². The standard InChI is InChI=1S/C22H43N/c1-7-9-12-17-22(20(5)16-10-8-2)21(6)23-18-14-11-13-15-19(3)4/h20,22-23H,3,6-18H2,1-2,4-5H3. The van der Waals surface area contributed by atoms with Crippen molar-refractivity contribution < 1.29 is 0 Å². The van der Waals surface area contributed by atoms with Gasteiger partial charge in [-0.3, -0.25) is 0 Å². The molecule has 0 aromatic heterocycles. The quantitative estimate of drug-likeness (QED) is 0.233. The molecule has 0 fully saturated rings. The smallest absolute Gasteiger partial charge is 0.0143 e. The van der Waals surface area contributed by atoms with Crippen LogP contribution in [0.2, 0.25) is 0 Å². The van der Waals surface area contributed by atoms with Gasteiger partial charge in [0.05, 0.1) is 0 Å². The van der Waals surface area contributed by atoms with Gasteiger partial charge in [-0.1, -0.05) is 77.9 Å². The summed E-state index contributed by atoms with van der Waals surface area (Å²) in [5, 5.41) is 3.64. The van der Waals surface area contributed by atoms with Crippen molar-refractivity contribution in [2.45, 2.75) is 98.3 Å². The van der Waals surface area contributed by atoms with E-state index in [0.717, 1.165) is 12.5 Å². The van der Waals surface area contributed by atoms with Crippen LogP contribution in [0.25, 0.3) is 0 Å². The summed E-state index contributed by atoms with van der Waals surface area (Å²) in [4.78, 5) is 0. The van der Waals surface area contributed by atoms with Crippen LogP contribution in [0.5, 0.6) is 0 Å². The van der Waals surface area contributed by atoms with Crippen LogP contribution >= 0.6 is 0 Å². The zero-order valence-corrected chi connectivity index (χ0v) is 16.6. The molecule has 1 heteroatoms. The summed E-state index contributed by atoms with van der Waals surface area (Å²) in [6.45, 7) is 18.6. The predicted octanol–water partition coefficient (Wildman–Crippen LogP) is 7.25. The van der Waals surface area contributed by atoms with Crippen LogP contribution in [0.3, 0.4) is 0 Å². The molecule has 0 aliphatic rings. The molecular weight excluding hydrogens is 278 g/mol. The van der Waals surface area contributed by atoms with Gasteiger partial charge in [-0.25, -0.2) is 0 Å². The highest BCUT2D eigenvalue weighted by atomic mass is 14.9. The Bertz CT molecular complexity index is 305. The lowest BCUT2D eigenvalue weighted by Crippen LogP contribution is -2.25. The second-order valence-corrected chi connectivity index (χ2v) is 7.44. The van der Waals surface area contributed by atoms with Gasteiger partial charge in [-0.15, -0.1) is 6.58 Å². The summed E-state index contributed by atoms with van der Waals surface area (Å²) in [6, 6.07) is 0. The molecule has 1 N–H and O–H groups in total. The minimum atomic E-state index is 0.656. The molecule has 136 valence electrons. The minimum absolute atomic E-state index is 0.656. The van der Waals surface area contributed by atoms with Crippen molar-refractivity contribution in [1.82, 2.24) is 5.32 Å². The first-order valence-electron chi connectivity index (χ1n) is 10.1. The van der Waals surface area contributed by atoms with E-state index in [2.05, 4.69) is 46.2 Å². The molecule has 23 heavy (non-hydrogen) atoms. The number of allylic oxidation sites excluding steroid dienone is 2. The molecule has 0 saturated heterocycles. The second kappa shape index (κ2) is 14.8. The van der Waals surface area contributed by atoms with Crippen molar-refractivity contribution in [3.8, 4) is 0 Å². The normalized spacial score (nSPS) is 13.6. The van der Waals surface area contributed by atoms with E-state index in [-0.39, 0.29) is 0 Å². The molecule has 0 bridgehead atoms. The number of nitrogens with one attached hydrogen (secondary N) is 1. The van der Waals surface area contributed by atoms with E-state index in [1.54, 1.807) is 0 Å². The maximum Gasteiger partial charge on any atom is 0.0143 e. The summed E-state index contributed by atoms with van der Waals surface area (Å²) in [5.41, 5.74) is 2.60. The summed E-state index contributed by atoms with van der Waals surface area (Å²) in [6.07, 6.45) is 14.3. The Kier molecular flexibility index (Phi) is 14.4. The van der Waals surface area contributed by atoms with Crippen molar-refractivity contribution in [2.75, 3.05) is 6.54 Å². The highest BCUT2D eigenvalue weighted by molar-refractivity contribution is 5.00. The summed E-state index contributed by atoms with van der Waals surface area (Å²) < 4.78 is 0. The lowest BCUT2D eigenvalue weighted by molar-refractivity contribution is 0.330. The van der Waals surface area contributed by atoms with Crippen molar-refractivity contribution in [2.24, 2.45) is 11.8 Å². The predicted molar refractivity (Wildman–Crippen MR) is 107 cm³/mol. The van der Waals surface area contributed by atoms with E-state index in [4.69, 9.17) is 0 Å². The van der Waals surface area contributed by atoms with Crippen LogP contribution < -0.4 is 5.32 Å². The van der Waals surface area contributed by atoms with Crippen molar-refractivity contribution in [3.63, 3.8) is 0 Å². The summed E-state index contributed by atoms with van der Waals surface area (Å²) in [5.74, 6) is 1.42. The average molecular weight is 322 g/mol. The third-order valence-electron chi connectivity index (χ3n) is 4.90. The molecule has 0 heterocycles. The van der Waals surface area contributed by atoms with Crippen molar-refractivity contribution in [1.29, 1.82) is 0 Å². The monoisotopic (exact) mass is 321 g/mol. The molecule has 0 amide bonds. The number of rotatable bonds is 16. The first-order valence-corrected chi connectivity index (χ1v) is 10.1. The molecule has 0 spiro atoms. The Morgan fingerprint density at radius 2 is 1.57 bits per heavy atom. The molecule has 2 unspecified atom stereocenters. The first-order chi connectivity index (χ1) is 11.0. The minimum Gasteiger partial charge on any atom is -0.389 e. The van der Waals surface area contributed by atoms with Crippen LogP contribution in [-0.4, -0.2) is 6.54 Å². The van der Waals surface area contributed by atoms with Gasteiger partial charge in [-0.05, 0) is 38.5 Å². The lowest BCUT2D eigenvalue weighted by Gasteiger charge is -2.27. The largest absolute Gasteiger partial charge is 0.389 e. The van der Waals surface area contributed by atoms with Crippen LogP contribution in [0.15, 0.2) is 24.4 Å². The fourth-order valence-corrected chi connectivity index (χ4v) is 3.25. The van der Waals surface area contributed by atoms with E-state index in [1.165, 1.54) is 81.9 Å². The Hall–Kier alpha value is -0.720. The van der Waals surface area contributed by atoms with Crippen LogP contribution in [-0.2, 0) is 0 Å². The highest BCUT2D eigenvalue weighted by Crippen LogP contribution is 2.28. The van der Waals surface area contributed by atoms with Gasteiger partial charge in [0.2, 0.25) is 0 Å². The highest BCUT2D eigenvalue weighted by Gasteiger charge is 2.19. The van der Waals surface area contributed by atoms with E-state index in [9.17, 15) is 0 Å². The van der Waals surface area contributed by atoms with Gasteiger partial charge in [0, 0.05) is 18.2 Å². The Balaban J connectivity index is 4.13. The zero-order chi connectivity index (χ0) is 17.5. The summed E-state index contributed by atoms with van der Waals surface area (Å²) in [7, 11) is 0. The first kappa shape index (κ1) is 22.3. The molecule has 0 saturated carbocycles. The van der Waals surface area contributed by atoms with Gasteiger partial charge in [-0.2, -0.15) is 0 Å². The summed E-state index contributed by atoms with van der Waals surface area (Å²) >= 11 is 0.